The number of nitrogens with one attached hydrogen (secondary N) is 1. The van der Waals surface area contributed by atoms with Crippen molar-refractivity contribution in [3.8, 4) is 5.88 Å². The molecule has 3 heterocycles. The van der Waals surface area contributed by atoms with E-state index < -0.39 is 53.6 Å². The number of benzene rings is 1. The zero-order chi connectivity index (χ0) is 28.3. The Balaban J connectivity index is 1.45. The lowest BCUT2D eigenvalue weighted by atomic mass is 9.89. The number of alkyl halides is 3. The number of nitrogens with zero attached hydrogens (tertiary/aromatic N) is 5. The normalized spacial score (nSPS) is 14.3. The van der Waals surface area contributed by atoms with E-state index in [1.807, 2.05) is 0 Å². The second kappa shape index (κ2) is 11.1. The van der Waals surface area contributed by atoms with Crippen molar-refractivity contribution in [2.24, 2.45) is 0 Å². The van der Waals surface area contributed by atoms with Gasteiger partial charge in [-0.2, -0.15) is 18.2 Å². The van der Waals surface area contributed by atoms with Crippen LogP contribution in [0.4, 0.5) is 38.4 Å². The first-order chi connectivity index (χ1) is 18.4. The fourth-order valence-corrected chi connectivity index (χ4v) is 4.19. The van der Waals surface area contributed by atoms with Gasteiger partial charge in [-0.25, -0.2) is 28.5 Å². The topological polar surface area (TPSA) is 136 Å². The van der Waals surface area contributed by atoms with Gasteiger partial charge in [0.15, 0.2) is 6.61 Å². The summed E-state index contributed by atoms with van der Waals surface area (Å²) < 4.78 is 71.6. The number of nitrogens with two attached hydrogens (primary N) is 1. The highest BCUT2D eigenvalue weighted by Crippen LogP contribution is 2.32. The summed E-state index contributed by atoms with van der Waals surface area (Å²) in [6.45, 7) is 1.25. The van der Waals surface area contributed by atoms with E-state index in [0.717, 1.165) is 24.4 Å². The van der Waals surface area contributed by atoms with Crippen molar-refractivity contribution >= 4 is 23.5 Å². The molecule has 0 spiro atoms. The Labute approximate surface area is 218 Å². The van der Waals surface area contributed by atoms with E-state index in [1.165, 1.54) is 17.9 Å². The number of ether oxygens (including phenoxy) is 1. The molecule has 1 fully saturated rings. The Morgan fingerprint density at radius 1 is 1.10 bits per heavy atom. The van der Waals surface area contributed by atoms with Gasteiger partial charge in [-0.05, 0) is 31.9 Å². The number of carbonyl (C=O) groups is 2. The maximum Gasteiger partial charge on any atom is 0.451 e. The van der Waals surface area contributed by atoms with Crippen LogP contribution in [0.1, 0.15) is 46.3 Å². The number of piperidine rings is 1. The molecule has 4 rings (SSSR count). The third-order valence-corrected chi connectivity index (χ3v) is 6.01. The van der Waals surface area contributed by atoms with Crippen molar-refractivity contribution in [2.45, 2.75) is 31.9 Å². The molecule has 206 valence electrons. The third-order valence-electron chi connectivity index (χ3n) is 6.01. The van der Waals surface area contributed by atoms with E-state index in [4.69, 9.17) is 10.5 Å². The van der Waals surface area contributed by atoms with Gasteiger partial charge in [0.2, 0.25) is 23.4 Å². The van der Waals surface area contributed by atoms with Crippen LogP contribution >= 0.6 is 0 Å². The summed E-state index contributed by atoms with van der Waals surface area (Å²) in [6.07, 6.45) is -3.24. The number of hydrogen-bond acceptors (Lipinski definition) is 8. The highest BCUT2D eigenvalue weighted by atomic mass is 19.4. The van der Waals surface area contributed by atoms with Crippen molar-refractivity contribution in [1.82, 2.24) is 24.8 Å². The van der Waals surface area contributed by atoms with Gasteiger partial charge in [-0.1, -0.05) is 6.07 Å². The fraction of sp³-hybridized carbons (Fsp3) is 0.333. The number of carbonyl (C=O) groups excluding carboxylic acids is 2. The average Bonchev–Trinajstić information content (AvgIpc) is 2.88. The van der Waals surface area contributed by atoms with Gasteiger partial charge in [0.05, 0.1) is 17.0 Å². The van der Waals surface area contributed by atoms with Crippen molar-refractivity contribution in [3.63, 3.8) is 0 Å². The standard InChI is InChI=1S/C24H22F5N7O3/c1-12-18(16(37)11-39-17-5-8-31-21(33-17)24(27,28)29)19(34-22(30)32-12)13-6-9-36(10-7-13)23(38)35-20-14(25)3-2-4-15(20)26/h2-5,8,13H,6-7,9-11H2,1H3,(H,35,38)(H2,30,32,34). The minimum absolute atomic E-state index is 0.0826. The number of urea groups is 1. The van der Waals surface area contributed by atoms with Crippen LogP contribution in [0.2, 0.25) is 0 Å². The average molecular weight is 551 g/mol. The van der Waals surface area contributed by atoms with Crippen molar-refractivity contribution in [3.05, 3.63) is 64.9 Å². The number of Topliss-reactive ketones (excluding diaryl/α,β-unsaturated/α-hetero) is 1. The number of para-hydroxylation sites is 1. The maximum absolute atomic E-state index is 13.9. The molecular formula is C24H22F5N7O3. The summed E-state index contributed by atoms with van der Waals surface area (Å²) in [4.78, 5) is 41.7. The van der Waals surface area contributed by atoms with Crippen LogP contribution in [0.3, 0.4) is 0 Å². The molecule has 1 aliphatic heterocycles. The molecule has 2 amide bonds. The number of nitrogen functional groups attached to an aromatic ring is 1. The molecule has 1 saturated heterocycles. The second-order valence-corrected chi connectivity index (χ2v) is 8.64. The molecule has 0 unspecified atom stereocenters. The Hall–Kier alpha value is -4.43. The quantitative estimate of drug-likeness (QED) is 0.345. The lowest BCUT2D eigenvalue weighted by molar-refractivity contribution is -0.145. The van der Waals surface area contributed by atoms with Crippen molar-refractivity contribution in [1.29, 1.82) is 0 Å². The Morgan fingerprint density at radius 2 is 1.77 bits per heavy atom. The molecule has 0 atom stereocenters. The van der Waals surface area contributed by atoms with Crippen LogP contribution in [0, 0.1) is 18.6 Å². The van der Waals surface area contributed by atoms with E-state index in [0.29, 0.717) is 18.5 Å². The van der Waals surface area contributed by atoms with Gasteiger partial charge < -0.3 is 20.7 Å². The molecule has 0 bridgehead atoms. The molecule has 15 heteroatoms. The molecule has 0 radical (unpaired) electrons. The summed E-state index contributed by atoms with van der Waals surface area (Å²) in [5.41, 5.74) is 5.93. The fourth-order valence-electron chi connectivity index (χ4n) is 4.19. The number of anilines is 2. The molecule has 3 N–H and O–H groups in total. The van der Waals surface area contributed by atoms with Crippen molar-refractivity contribution < 1.29 is 36.3 Å². The second-order valence-electron chi connectivity index (χ2n) is 8.64. The van der Waals surface area contributed by atoms with E-state index in [1.54, 1.807) is 0 Å². The van der Waals surface area contributed by atoms with E-state index in [-0.39, 0.29) is 36.2 Å². The SMILES string of the molecule is Cc1nc(N)nc(C2CCN(C(=O)Nc3c(F)cccc3F)CC2)c1C(=O)COc1ccnc(C(F)(F)F)n1. The van der Waals surface area contributed by atoms with Gasteiger partial charge in [-0.15, -0.1) is 0 Å². The lowest BCUT2D eigenvalue weighted by Crippen LogP contribution is -2.41. The predicted octanol–water partition coefficient (Wildman–Crippen LogP) is 4.13. The van der Waals surface area contributed by atoms with Crippen LogP contribution in [0.25, 0.3) is 0 Å². The summed E-state index contributed by atoms with van der Waals surface area (Å²) in [5, 5.41) is 2.24. The first-order valence-corrected chi connectivity index (χ1v) is 11.6. The van der Waals surface area contributed by atoms with E-state index in [2.05, 4.69) is 25.3 Å². The summed E-state index contributed by atoms with van der Waals surface area (Å²) in [7, 11) is 0. The van der Waals surface area contributed by atoms with Gasteiger partial charge >= 0.3 is 12.2 Å². The van der Waals surface area contributed by atoms with Gasteiger partial charge in [0, 0.05) is 31.3 Å². The molecule has 1 aliphatic rings. The van der Waals surface area contributed by atoms with Gasteiger partial charge in [0.25, 0.3) is 0 Å². The highest BCUT2D eigenvalue weighted by molar-refractivity contribution is 5.99. The van der Waals surface area contributed by atoms with Gasteiger partial charge in [-0.3, -0.25) is 4.79 Å². The molecule has 0 saturated carbocycles. The molecule has 0 aliphatic carbocycles. The zero-order valence-electron chi connectivity index (χ0n) is 20.4. The van der Waals surface area contributed by atoms with Gasteiger partial charge in [0.1, 0.15) is 17.3 Å². The Kier molecular flexibility index (Phi) is 7.88. The Bertz CT molecular complexity index is 1370. The highest BCUT2D eigenvalue weighted by Gasteiger charge is 2.35. The van der Waals surface area contributed by atoms with E-state index >= 15 is 0 Å². The molecule has 1 aromatic carbocycles. The zero-order valence-corrected chi connectivity index (χ0v) is 20.4. The number of amides is 2. The summed E-state index contributed by atoms with van der Waals surface area (Å²) in [5.74, 6) is -4.69. The van der Waals surface area contributed by atoms with E-state index in [9.17, 15) is 31.5 Å². The molecule has 2 aromatic heterocycles. The molecule has 3 aromatic rings. The van der Waals surface area contributed by atoms with Crippen LogP contribution in [-0.2, 0) is 6.18 Å². The minimum Gasteiger partial charge on any atom is -0.469 e. The predicted molar refractivity (Wildman–Crippen MR) is 127 cm³/mol. The summed E-state index contributed by atoms with van der Waals surface area (Å²) in [6, 6.07) is 3.62. The number of aryl methyl sites for hydroxylation is 1. The monoisotopic (exact) mass is 551 g/mol. The Morgan fingerprint density at radius 3 is 2.41 bits per heavy atom. The number of aromatic nitrogens is 4. The first kappa shape index (κ1) is 27.6. The van der Waals surface area contributed by atoms with Crippen LogP contribution in [0.15, 0.2) is 30.5 Å². The molecule has 10 nitrogen and oxygen atoms in total. The lowest BCUT2D eigenvalue weighted by Gasteiger charge is -2.32. The number of hydrogen-bond donors (Lipinski definition) is 2. The number of ketones is 1. The maximum atomic E-state index is 13.9. The largest absolute Gasteiger partial charge is 0.469 e. The number of halogens is 5. The van der Waals surface area contributed by atoms with Crippen LogP contribution in [-0.4, -0.2) is 56.3 Å². The molecular weight excluding hydrogens is 529 g/mol. The number of rotatable bonds is 6. The van der Waals surface area contributed by atoms with Crippen LogP contribution in [0.5, 0.6) is 5.88 Å². The minimum atomic E-state index is -4.78. The third kappa shape index (κ3) is 6.35. The summed E-state index contributed by atoms with van der Waals surface area (Å²) >= 11 is 0. The molecule has 39 heavy (non-hydrogen) atoms. The van der Waals surface area contributed by atoms with Crippen LogP contribution < -0.4 is 15.8 Å². The first-order valence-electron chi connectivity index (χ1n) is 11.6. The smallest absolute Gasteiger partial charge is 0.451 e. The number of likely N-dealkylation sites (tertiary alicyclic amines) is 1. The van der Waals surface area contributed by atoms with Crippen molar-refractivity contribution in [2.75, 3.05) is 30.7 Å².